The SMILES string of the molecule is COc1nc(N(C)CC2CCCC2)ncc1Br. The summed E-state index contributed by atoms with van der Waals surface area (Å²) in [5.41, 5.74) is 0. The fraction of sp³-hybridized carbons (Fsp3) is 0.667. The van der Waals surface area contributed by atoms with Crippen molar-refractivity contribution in [1.82, 2.24) is 9.97 Å². The van der Waals surface area contributed by atoms with Crippen LogP contribution in [0.15, 0.2) is 10.7 Å². The summed E-state index contributed by atoms with van der Waals surface area (Å²) < 4.78 is 5.97. The van der Waals surface area contributed by atoms with Crippen LogP contribution in [0, 0.1) is 5.92 Å². The van der Waals surface area contributed by atoms with Gasteiger partial charge in [0.05, 0.1) is 17.8 Å². The largest absolute Gasteiger partial charge is 0.480 e. The molecule has 1 aromatic heterocycles. The molecule has 5 heteroatoms. The fourth-order valence-corrected chi connectivity index (χ4v) is 2.68. The minimum Gasteiger partial charge on any atom is -0.480 e. The molecule has 0 bridgehead atoms. The zero-order valence-electron chi connectivity index (χ0n) is 10.3. The third kappa shape index (κ3) is 3.09. The Kier molecular flexibility index (Phi) is 4.20. The summed E-state index contributed by atoms with van der Waals surface area (Å²) in [6.07, 6.45) is 7.13. The number of aromatic nitrogens is 2. The van der Waals surface area contributed by atoms with E-state index in [0.717, 1.165) is 22.9 Å². The minimum atomic E-state index is 0.591. The lowest BCUT2D eigenvalue weighted by Crippen LogP contribution is -2.25. The van der Waals surface area contributed by atoms with Gasteiger partial charge in [-0.3, -0.25) is 0 Å². The number of nitrogens with zero attached hydrogens (tertiary/aromatic N) is 3. The molecule has 1 heterocycles. The van der Waals surface area contributed by atoms with E-state index in [1.165, 1.54) is 25.7 Å². The maximum atomic E-state index is 5.18. The second-order valence-electron chi connectivity index (χ2n) is 4.56. The first-order valence-electron chi connectivity index (χ1n) is 5.98. The first kappa shape index (κ1) is 12.6. The molecule has 1 aromatic rings. The van der Waals surface area contributed by atoms with Crippen molar-refractivity contribution < 1.29 is 4.74 Å². The molecule has 17 heavy (non-hydrogen) atoms. The van der Waals surface area contributed by atoms with Gasteiger partial charge in [-0.25, -0.2) is 4.98 Å². The van der Waals surface area contributed by atoms with Crippen LogP contribution in [0.2, 0.25) is 0 Å². The van der Waals surface area contributed by atoms with Crippen molar-refractivity contribution in [2.45, 2.75) is 25.7 Å². The molecule has 0 saturated heterocycles. The van der Waals surface area contributed by atoms with E-state index in [4.69, 9.17) is 4.74 Å². The molecule has 0 radical (unpaired) electrons. The molecule has 1 fully saturated rings. The lowest BCUT2D eigenvalue weighted by atomic mass is 10.1. The molecular formula is C12H18BrN3O. The number of methoxy groups -OCH3 is 1. The van der Waals surface area contributed by atoms with Crippen LogP contribution in [0.25, 0.3) is 0 Å². The Labute approximate surface area is 111 Å². The summed E-state index contributed by atoms with van der Waals surface area (Å²) in [5.74, 6) is 2.11. The molecular weight excluding hydrogens is 282 g/mol. The minimum absolute atomic E-state index is 0.591. The van der Waals surface area contributed by atoms with E-state index in [1.54, 1.807) is 13.3 Å². The van der Waals surface area contributed by atoms with Crippen LogP contribution in [0.3, 0.4) is 0 Å². The highest BCUT2D eigenvalue weighted by atomic mass is 79.9. The predicted molar refractivity (Wildman–Crippen MR) is 71.5 cm³/mol. The molecule has 4 nitrogen and oxygen atoms in total. The van der Waals surface area contributed by atoms with E-state index in [2.05, 4.69) is 30.8 Å². The summed E-state index contributed by atoms with van der Waals surface area (Å²) >= 11 is 3.36. The molecule has 2 rings (SSSR count). The molecule has 0 spiro atoms. The molecule has 1 aliphatic carbocycles. The maximum absolute atomic E-state index is 5.18. The Hall–Kier alpha value is -0.840. The van der Waals surface area contributed by atoms with E-state index >= 15 is 0 Å². The van der Waals surface area contributed by atoms with E-state index in [-0.39, 0.29) is 0 Å². The van der Waals surface area contributed by atoms with Gasteiger partial charge in [0.2, 0.25) is 11.8 Å². The van der Waals surface area contributed by atoms with Crippen molar-refractivity contribution in [2.24, 2.45) is 5.92 Å². The lowest BCUT2D eigenvalue weighted by Gasteiger charge is -2.21. The van der Waals surface area contributed by atoms with Gasteiger partial charge in [0.15, 0.2) is 0 Å². The van der Waals surface area contributed by atoms with Crippen molar-refractivity contribution in [3.05, 3.63) is 10.7 Å². The molecule has 1 saturated carbocycles. The van der Waals surface area contributed by atoms with Gasteiger partial charge in [-0.2, -0.15) is 4.98 Å². The zero-order chi connectivity index (χ0) is 12.3. The smallest absolute Gasteiger partial charge is 0.232 e. The number of ether oxygens (including phenoxy) is 1. The molecule has 0 unspecified atom stereocenters. The Morgan fingerprint density at radius 2 is 2.18 bits per heavy atom. The monoisotopic (exact) mass is 299 g/mol. The van der Waals surface area contributed by atoms with Crippen molar-refractivity contribution in [3.8, 4) is 5.88 Å². The van der Waals surface area contributed by atoms with Crippen LogP contribution in [-0.2, 0) is 0 Å². The van der Waals surface area contributed by atoms with Crippen LogP contribution in [0.4, 0.5) is 5.95 Å². The van der Waals surface area contributed by atoms with E-state index in [1.807, 2.05) is 7.05 Å². The van der Waals surface area contributed by atoms with Crippen LogP contribution in [0.1, 0.15) is 25.7 Å². The van der Waals surface area contributed by atoms with Crippen LogP contribution in [-0.4, -0.2) is 30.7 Å². The molecule has 94 valence electrons. The summed E-state index contributed by atoms with van der Waals surface area (Å²) in [6.45, 7) is 1.03. The van der Waals surface area contributed by atoms with Gasteiger partial charge < -0.3 is 9.64 Å². The number of hydrogen-bond acceptors (Lipinski definition) is 4. The topological polar surface area (TPSA) is 38.2 Å². The Morgan fingerprint density at radius 3 is 2.82 bits per heavy atom. The quantitative estimate of drug-likeness (QED) is 0.857. The van der Waals surface area contributed by atoms with Gasteiger partial charge in [-0.15, -0.1) is 0 Å². The first-order valence-corrected chi connectivity index (χ1v) is 6.77. The number of rotatable bonds is 4. The molecule has 1 aliphatic rings. The van der Waals surface area contributed by atoms with Crippen molar-refractivity contribution >= 4 is 21.9 Å². The van der Waals surface area contributed by atoms with Crippen molar-refractivity contribution in [1.29, 1.82) is 0 Å². The lowest BCUT2D eigenvalue weighted by molar-refractivity contribution is 0.393. The average molecular weight is 300 g/mol. The predicted octanol–water partition coefficient (Wildman–Crippen LogP) is 2.87. The third-order valence-corrected chi connectivity index (χ3v) is 3.78. The highest BCUT2D eigenvalue weighted by Crippen LogP contribution is 2.27. The van der Waals surface area contributed by atoms with E-state index < -0.39 is 0 Å². The summed E-state index contributed by atoms with van der Waals surface area (Å²) in [7, 11) is 3.66. The fourth-order valence-electron chi connectivity index (χ4n) is 2.33. The normalized spacial score (nSPS) is 16.2. The number of hydrogen-bond donors (Lipinski definition) is 0. The van der Waals surface area contributed by atoms with Crippen LogP contribution in [0.5, 0.6) is 5.88 Å². The number of halogens is 1. The molecule has 0 aliphatic heterocycles. The number of anilines is 1. The van der Waals surface area contributed by atoms with Gasteiger partial charge in [0.1, 0.15) is 0 Å². The second kappa shape index (κ2) is 5.67. The van der Waals surface area contributed by atoms with Crippen molar-refractivity contribution in [3.63, 3.8) is 0 Å². The molecule has 0 aromatic carbocycles. The summed E-state index contributed by atoms with van der Waals surface area (Å²) in [6, 6.07) is 0. The van der Waals surface area contributed by atoms with Gasteiger partial charge in [0, 0.05) is 13.6 Å². The van der Waals surface area contributed by atoms with Gasteiger partial charge >= 0.3 is 0 Å². The second-order valence-corrected chi connectivity index (χ2v) is 5.41. The maximum Gasteiger partial charge on any atom is 0.232 e. The zero-order valence-corrected chi connectivity index (χ0v) is 11.9. The molecule has 0 atom stereocenters. The Bertz CT molecular complexity index is 380. The van der Waals surface area contributed by atoms with Gasteiger partial charge in [0.25, 0.3) is 0 Å². The van der Waals surface area contributed by atoms with E-state index in [0.29, 0.717) is 5.88 Å². The standard InChI is InChI=1S/C12H18BrN3O/c1-16(8-9-5-3-4-6-9)12-14-7-10(13)11(15-12)17-2/h7,9H,3-6,8H2,1-2H3. The summed E-state index contributed by atoms with van der Waals surface area (Å²) in [4.78, 5) is 10.8. The van der Waals surface area contributed by atoms with Crippen LogP contribution >= 0.6 is 15.9 Å². The highest BCUT2D eigenvalue weighted by molar-refractivity contribution is 9.10. The highest BCUT2D eigenvalue weighted by Gasteiger charge is 2.18. The Balaban J connectivity index is 2.04. The van der Waals surface area contributed by atoms with Crippen molar-refractivity contribution in [2.75, 3.05) is 25.6 Å². The molecule has 0 N–H and O–H groups in total. The third-order valence-electron chi connectivity index (χ3n) is 3.24. The summed E-state index contributed by atoms with van der Waals surface area (Å²) in [5, 5.41) is 0. The van der Waals surface area contributed by atoms with Gasteiger partial charge in [-0.05, 0) is 34.7 Å². The first-order chi connectivity index (χ1) is 8.20. The Morgan fingerprint density at radius 1 is 1.47 bits per heavy atom. The molecule has 0 amide bonds. The van der Waals surface area contributed by atoms with Gasteiger partial charge in [-0.1, -0.05) is 12.8 Å². The van der Waals surface area contributed by atoms with E-state index in [9.17, 15) is 0 Å². The van der Waals surface area contributed by atoms with Crippen LogP contribution < -0.4 is 9.64 Å². The average Bonchev–Trinajstić information content (AvgIpc) is 2.82.